The number of hydrogen-bond acceptors (Lipinski definition) is 3. The van der Waals surface area contributed by atoms with E-state index in [2.05, 4.69) is 10.6 Å². The number of nitrogens with one attached hydrogen (secondary N) is 2. The van der Waals surface area contributed by atoms with Crippen molar-refractivity contribution in [1.82, 2.24) is 10.6 Å². The molecule has 2 rings (SSSR count). The van der Waals surface area contributed by atoms with Crippen LogP contribution in [0.1, 0.15) is 31.4 Å². The number of methoxy groups -OCH3 is 1. The molecule has 0 radical (unpaired) electrons. The van der Waals surface area contributed by atoms with Gasteiger partial charge < -0.3 is 15.4 Å². The van der Waals surface area contributed by atoms with Crippen molar-refractivity contribution < 1.29 is 13.9 Å². The van der Waals surface area contributed by atoms with Gasteiger partial charge in [0.05, 0.1) is 18.7 Å². The van der Waals surface area contributed by atoms with Gasteiger partial charge in [-0.25, -0.2) is 9.18 Å². The number of esters is 1. The molecule has 1 aromatic rings. The summed E-state index contributed by atoms with van der Waals surface area (Å²) in [6.45, 7) is 1.97. The largest absolute Gasteiger partial charge is 0.466 e. The lowest BCUT2D eigenvalue weighted by atomic mass is 9.93. The van der Waals surface area contributed by atoms with Gasteiger partial charge in [0.25, 0.3) is 0 Å². The standard InChI is InChI=1S/C15H16ClFN2O2S/c1-3-5-10-12(14(20)21-2)13(19-15(22)18-10)11-8(16)6-4-7-9(11)17/h4,6-7,13H,3,5H2,1-2H3,(H2,18,19,22)/t13-/m1/s1. The molecule has 0 saturated heterocycles. The molecule has 1 heterocycles. The molecule has 0 saturated carbocycles. The molecule has 0 unspecified atom stereocenters. The Kier molecular flexibility index (Phi) is 5.37. The Hall–Kier alpha value is -1.66. The molecule has 2 N–H and O–H groups in total. The highest BCUT2D eigenvalue weighted by Crippen LogP contribution is 2.34. The zero-order chi connectivity index (χ0) is 16.3. The highest BCUT2D eigenvalue weighted by atomic mass is 35.5. The Morgan fingerprint density at radius 2 is 2.23 bits per heavy atom. The number of thiocarbonyl (C=S) groups is 1. The molecule has 0 aromatic heterocycles. The van der Waals surface area contributed by atoms with Gasteiger partial charge in [0.1, 0.15) is 5.82 Å². The second-order valence-corrected chi connectivity index (χ2v) is 5.62. The van der Waals surface area contributed by atoms with Gasteiger partial charge in [-0.3, -0.25) is 0 Å². The van der Waals surface area contributed by atoms with E-state index in [1.807, 2.05) is 6.92 Å². The van der Waals surface area contributed by atoms with E-state index in [1.54, 1.807) is 6.07 Å². The predicted octanol–water partition coefficient (Wildman–Crippen LogP) is 3.23. The molecule has 7 heteroatoms. The zero-order valence-electron chi connectivity index (χ0n) is 12.2. The van der Waals surface area contributed by atoms with Crippen molar-refractivity contribution in [3.8, 4) is 0 Å². The van der Waals surface area contributed by atoms with Gasteiger partial charge in [0, 0.05) is 16.3 Å². The van der Waals surface area contributed by atoms with E-state index in [9.17, 15) is 9.18 Å². The summed E-state index contributed by atoms with van der Waals surface area (Å²) in [5, 5.41) is 6.40. The second-order valence-electron chi connectivity index (χ2n) is 4.80. The van der Waals surface area contributed by atoms with Crippen LogP contribution in [0.2, 0.25) is 5.02 Å². The summed E-state index contributed by atoms with van der Waals surface area (Å²) >= 11 is 11.3. The van der Waals surface area contributed by atoms with Gasteiger partial charge >= 0.3 is 5.97 Å². The molecule has 0 fully saturated rings. The number of ether oxygens (including phenoxy) is 1. The van der Waals surface area contributed by atoms with Gasteiger partial charge in [-0.05, 0) is 30.8 Å². The molecule has 0 aliphatic carbocycles. The van der Waals surface area contributed by atoms with Crippen LogP contribution in [0.4, 0.5) is 4.39 Å². The third-order valence-corrected chi connectivity index (χ3v) is 3.90. The van der Waals surface area contributed by atoms with E-state index in [1.165, 1.54) is 19.2 Å². The molecular formula is C15H16ClFN2O2S. The van der Waals surface area contributed by atoms with Crippen LogP contribution < -0.4 is 10.6 Å². The smallest absolute Gasteiger partial charge is 0.337 e. The Labute approximate surface area is 138 Å². The van der Waals surface area contributed by atoms with E-state index < -0.39 is 17.8 Å². The van der Waals surface area contributed by atoms with E-state index >= 15 is 0 Å². The monoisotopic (exact) mass is 342 g/mol. The van der Waals surface area contributed by atoms with Crippen LogP contribution in [-0.4, -0.2) is 18.2 Å². The molecule has 0 amide bonds. The molecule has 0 bridgehead atoms. The Morgan fingerprint density at radius 1 is 1.50 bits per heavy atom. The third kappa shape index (κ3) is 3.23. The van der Waals surface area contributed by atoms with Crippen LogP contribution >= 0.6 is 23.8 Å². The normalized spacial score (nSPS) is 17.8. The van der Waals surface area contributed by atoms with Crippen molar-refractivity contribution in [2.75, 3.05) is 7.11 Å². The van der Waals surface area contributed by atoms with Gasteiger partial charge in [-0.2, -0.15) is 0 Å². The number of rotatable bonds is 4. The van der Waals surface area contributed by atoms with Crippen molar-refractivity contribution in [3.05, 3.63) is 45.9 Å². The lowest BCUT2D eigenvalue weighted by Crippen LogP contribution is -2.46. The second kappa shape index (κ2) is 7.07. The van der Waals surface area contributed by atoms with Crippen molar-refractivity contribution in [2.45, 2.75) is 25.8 Å². The number of halogens is 2. The summed E-state index contributed by atoms with van der Waals surface area (Å²) in [7, 11) is 1.28. The molecule has 1 atom stereocenters. The highest BCUT2D eigenvalue weighted by molar-refractivity contribution is 7.80. The first-order valence-corrected chi connectivity index (χ1v) is 7.61. The summed E-state index contributed by atoms with van der Waals surface area (Å²) in [5.74, 6) is -1.05. The van der Waals surface area contributed by atoms with E-state index in [0.717, 1.165) is 6.42 Å². The van der Waals surface area contributed by atoms with Crippen LogP contribution in [0.25, 0.3) is 0 Å². The average Bonchev–Trinajstić information content (AvgIpc) is 2.46. The molecular weight excluding hydrogens is 327 g/mol. The van der Waals surface area contributed by atoms with Crippen LogP contribution in [0.15, 0.2) is 29.5 Å². The van der Waals surface area contributed by atoms with Crippen molar-refractivity contribution in [1.29, 1.82) is 0 Å². The Morgan fingerprint density at radius 3 is 2.82 bits per heavy atom. The summed E-state index contributed by atoms with van der Waals surface area (Å²) in [6.07, 6.45) is 1.39. The van der Waals surface area contributed by atoms with Crippen molar-refractivity contribution in [2.24, 2.45) is 0 Å². The molecule has 4 nitrogen and oxygen atoms in total. The Balaban J connectivity index is 2.62. The first-order chi connectivity index (χ1) is 10.5. The molecule has 1 aliphatic heterocycles. The van der Waals surface area contributed by atoms with E-state index in [4.69, 9.17) is 28.6 Å². The average molecular weight is 343 g/mol. The number of carbonyl (C=O) groups is 1. The fourth-order valence-electron chi connectivity index (χ4n) is 2.42. The number of allylic oxidation sites excluding steroid dienone is 1. The number of hydrogen-bond donors (Lipinski definition) is 2. The molecule has 118 valence electrons. The van der Waals surface area contributed by atoms with Gasteiger partial charge in [0.15, 0.2) is 5.11 Å². The highest BCUT2D eigenvalue weighted by Gasteiger charge is 2.34. The minimum absolute atomic E-state index is 0.182. The van der Waals surface area contributed by atoms with Crippen molar-refractivity contribution >= 4 is 34.9 Å². The van der Waals surface area contributed by atoms with Crippen molar-refractivity contribution in [3.63, 3.8) is 0 Å². The Bertz CT molecular complexity index is 628. The first-order valence-electron chi connectivity index (χ1n) is 6.82. The summed E-state index contributed by atoms with van der Waals surface area (Å²) in [5.41, 5.74) is 1.11. The fraction of sp³-hybridized carbons (Fsp3) is 0.333. The quantitative estimate of drug-likeness (QED) is 0.650. The first kappa shape index (κ1) is 16.7. The third-order valence-electron chi connectivity index (χ3n) is 3.35. The van der Waals surface area contributed by atoms with Crippen LogP contribution in [-0.2, 0) is 9.53 Å². The van der Waals surface area contributed by atoms with E-state index in [0.29, 0.717) is 22.8 Å². The minimum atomic E-state index is -0.781. The molecule has 0 spiro atoms. The molecule has 1 aromatic carbocycles. The lowest BCUT2D eigenvalue weighted by Gasteiger charge is -2.31. The maximum atomic E-state index is 14.3. The van der Waals surface area contributed by atoms with Gasteiger partial charge in [-0.15, -0.1) is 0 Å². The molecule has 22 heavy (non-hydrogen) atoms. The van der Waals surface area contributed by atoms with Gasteiger partial charge in [-0.1, -0.05) is 31.0 Å². The van der Waals surface area contributed by atoms with Gasteiger partial charge in [0.2, 0.25) is 0 Å². The summed E-state index contributed by atoms with van der Waals surface area (Å²) in [6, 6.07) is 3.59. The predicted molar refractivity (Wildman–Crippen MR) is 87.0 cm³/mol. The zero-order valence-corrected chi connectivity index (χ0v) is 13.8. The van der Waals surface area contributed by atoms with Crippen LogP contribution in [0.5, 0.6) is 0 Å². The fourth-order valence-corrected chi connectivity index (χ4v) is 2.93. The SMILES string of the molecule is CCCC1=C(C(=O)OC)[C@@H](c2c(F)cccc2Cl)NC(=S)N1. The lowest BCUT2D eigenvalue weighted by molar-refractivity contribution is -0.136. The number of carbonyl (C=O) groups excluding carboxylic acids is 1. The summed E-state index contributed by atoms with van der Waals surface area (Å²) in [4.78, 5) is 12.2. The molecule has 1 aliphatic rings. The topological polar surface area (TPSA) is 50.4 Å². The van der Waals surface area contributed by atoms with Crippen LogP contribution in [0, 0.1) is 5.82 Å². The maximum absolute atomic E-state index is 14.3. The number of benzene rings is 1. The van der Waals surface area contributed by atoms with Crippen LogP contribution in [0.3, 0.4) is 0 Å². The maximum Gasteiger partial charge on any atom is 0.337 e. The minimum Gasteiger partial charge on any atom is -0.466 e. The summed E-state index contributed by atoms with van der Waals surface area (Å²) < 4.78 is 19.1. The van der Waals surface area contributed by atoms with E-state index in [-0.39, 0.29) is 10.6 Å².